The average molecular weight is 411 g/mol. The summed E-state index contributed by atoms with van der Waals surface area (Å²) in [6, 6.07) is 16.1. The van der Waals surface area contributed by atoms with Crippen molar-refractivity contribution in [3.05, 3.63) is 59.7 Å². The average Bonchev–Trinajstić information content (AvgIpc) is 3.02. The Hall–Kier alpha value is -2.86. The van der Waals surface area contributed by atoms with Gasteiger partial charge in [-0.1, -0.05) is 55.5 Å². The van der Waals surface area contributed by atoms with E-state index in [-0.39, 0.29) is 18.9 Å². The van der Waals surface area contributed by atoms with Gasteiger partial charge < -0.3 is 14.6 Å². The summed E-state index contributed by atoms with van der Waals surface area (Å²) >= 11 is 0. The number of carboxylic acids is 1. The van der Waals surface area contributed by atoms with Crippen LogP contribution in [0.25, 0.3) is 11.1 Å². The van der Waals surface area contributed by atoms with E-state index in [4.69, 9.17) is 9.47 Å². The second-order valence-electron chi connectivity index (χ2n) is 8.52. The number of ether oxygens (including phenoxy) is 2. The first-order valence-electron chi connectivity index (χ1n) is 10.1. The summed E-state index contributed by atoms with van der Waals surface area (Å²) in [5, 5.41) is 9.87. The van der Waals surface area contributed by atoms with E-state index in [9.17, 15) is 14.7 Å². The minimum absolute atomic E-state index is 0.0836. The molecule has 0 aromatic heterocycles. The number of likely N-dealkylation sites (N-methyl/N-ethyl adjacent to an activating group) is 1. The molecule has 6 heteroatoms. The summed E-state index contributed by atoms with van der Waals surface area (Å²) in [7, 11) is 1.40. The lowest BCUT2D eigenvalue weighted by molar-refractivity contribution is -0.218. The minimum atomic E-state index is -1.80. The monoisotopic (exact) mass is 411 g/mol. The molecule has 1 atom stereocenters. The molecule has 0 radical (unpaired) electrons. The van der Waals surface area contributed by atoms with E-state index in [2.05, 4.69) is 12.1 Å². The number of hydrogen-bond donors (Lipinski definition) is 1. The Bertz CT molecular complexity index is 903. The van der Waals surface area contributed by atoms with E-state index in [1.54, 1.807) is 27.7 Å². The van der Waals surface area contributed by atoms with Crippen molar-refractivity contribution in [1.29, 1.82) is 0 Å². The third-order valence-electron chi connectivity index (χ3n) is 5.44. The highest BCUT2D eigenvalue weighted by Crippen LogP contribution is 2.44. The number of rotatable bonds is 6. The largest absolute Gasteiger partial charge is 0.478 e. The van der Waals surface area contributed by atoms with Gasteiger partial charge in [0.15, 0.2) is 0 Å². The van der Waals surface area contributed by atoms with Crippen LogP contribution >= 0.6 is 0 Å². The number of carbonyl (C=O) groups is 2. The number of aliphatic carboxylic acids is 1. The van der Waals surface area contributed by atoms with E-state index in [1.165, 1.54) is 7.05 Å². The predicted octanol–water partition coefficient (Wildman–Crippen LogP) is 4.87. The van der Waals surface area contributed by atoms with E-state index >= 15 is 0 Å². The molecule has 30 heavy (non-hydrogen) atoms. The first-order valence-corrected chi connectivity index (χ1v) is 10.1. The summed E-state index contributed by atoms with van der Waals surface area (Å²) in [5.74, 6) is -1.32. The topological polar surface area (TPSA) is 76.1 Å². The summed E-state index contributed by atoms with van der Waals surface area (Å²) in [6.45, 7) is 7.06. The number of carbonyl (C=O) groups excluding carboxylic acids is 1. The molecule has 0 fully saturated rings. The smallest absolute Gasteiger partial charge is 0.412 e. The molecule has 2 aromatic carbocycles. The van der Waals surface area contributed by atoms with Crippen molar-refractivity contribution in [2.75, 3.05) is 13.7 Å². The molecule has 160 valence electrons. The highest BCUT2D eigenvalue weighted by Gasteiger charge is 2.48. The van der Waals surface area contributed by atoms with Crippen LogP contribution in [-0.4, -0.2) is 47.0 Å². The molecule has 2 aromatic rings. The van der Waals surface area contributed by atoms with Gasteiger partial charge in [-0.05, 0) is 43.0 Å². The maximum absolute atomic E-state index is 12.9. The summed E-state index contributed by atoms with van der Waals surface area (Å²) < 4.78 is 11.4. The Morgan fingerprint density at radius 3 is 1.93 bits per heavy atom. The zero-order valence-electron chi connectivity index (χ0n) is 18.1. The zero-order valence-corrected chi connectivity index (χ0v) is 18.1. The van der Waals surface area contributed by atoms with Crippen LogP contribution in [0.5, 0.6) is 0 Å². The van der Waals surface area contributed by atoms with Gasteiger partial charge in [0.2, 0.25) is 5.72 Å². The molecular formula is C24H29NO5. The number of nitrogens with zero attached hydrogens (tertiary/aromatic N) is 1. The van der Waals surface area contributed by atoms with Crippen LogP contribution in [0.15, 0.2) is 48.5 Å². The third-order valence-corrected chi connectivity index (χ3v) is 5.44. The van der Waals surface area contributed by atoms with Gasteiger partial charge in [-0.15, -0.1) is 0 Å². The molecule has 0 saturated heterocycles. The van der Waals surface area contributed by atoms with Crippen molar-refractivity contribution in [3.63, 3.8) is 0 Å². The molecule has 3 rings (SSSR count). The number of fused-ring (bicyclic) bond motifs is 3. The number of amides is 1. The van der Waals surface area contributed by atoms with Crippen LogP contribution in [0.1, 0.15) is 51.2 Å². The quantitative estimate of drug-likeness (QED) is 0.686. The third kappa shape index (κ3) is 3.92. The Balaban J connectivity index is 1.82. The lowest BCUT2D eigenvalue weighted by Gasteiger charge is -2.41. The second kappa shape index (κ2) is 8.11. The Morgan fingerprint density at radius 1 is 1.00 bits per heavy atom. The van der Waals surface area contributed by atoms with Gasteiger partial charge in [0, 0.05) is 19.4 Å². The lowest BCUT2D eigenvalue weighted by Crippen LogP contribution is -2.59. The van der Waals surface area contributed by atoms with E-state index in [0.717, 1.165) is 27.2 Å². The molecule has 1 unspecified atom stereocenters. The van der Waals surface area contributed by atoms with E-state index < -0.39 is 23.4 Å². The fraction of sp³-hybridized carbons (Fsp3) is 0.417. The van der Waals surface area contributed by atoms with Crippen LogP contribution in [0.2, 0.25) is 0 Å². The molecule has 0 heterocycles. The van der Waals surface area contributed by atoms with Gasteiger partial charge >= 0.3 is 12.1 Å². The normalized spacial score (nSPS) is 15.1. The summed E-state index contributed by atoms with van der Waals surface area (Å²) in [6.07, 6.45) is -0.648. The first kappa shape index (κ1) is 21.8. The highest BCUT2D eigenvalue weighted by atomic mass is 16.6. The van der Waals surface area contributed by atoms with Crippen molar-refractivity contribution >= 4 is 12.1 Å². The Kier molecular flexibility index (Phi) is 5.90. The zero-order chi connectivity index (χ0) is 22.1. The van der Waals surface area contributed by atoms with Crippen LogP contribution in [-0.2, 0) is 14.3 Å². The molecule has 0 aliphatic heterocycles. The van der Waals surface area contributed by atoms with Gasteiger partial charge in [-0.25, -0.2) is 9.59 Å². The van der Waals surface area contributed by atoms with Crippen LogP contribution < -0.4 is 0 Å². The molecule has 0 saturated carbocycles. The fourth-order valence-electron chi connectivity index (χ4n) is 4.06. The van der Waals surface area contributed by atoms with Crippen molar-refractivity contribution < 1.29 is 24.2 Å². The molecule has 0 spiro atoms. The number of hydrogen-bond acceptors (Lipinski definition) is 4. The molecule has 1 amide bonds. The van der Waals surface area contributed by atoms with Gasteiger partial charge in [0.25, 0.3) is 0 Å². The summed E-state index contributed by atoms with van der Waals surface area (Å²) in [4.78, 5) is 26.0. The number of carboxylic acid groups (broad SMARTS) is 1. The Labute approximate surface area is 177 Å². The van der Waals surface area contributed by atoms with Crippen LogP contribution in [0.3, 0.4) is 0 Å². The molecule has 1 aliphatic rings. The predicted molar refractivity (Wildman–Crippen MR) is 114 cm³/mol. The fourth-order valence-corrected chi connectivity index (χ4v) is 4.06. The molecular weight excluding hydrogens is 382 g/mol. The van der Waals surface area contributed by atoms with Gasteiger partial charge in [-0.3, -0.25) is 4.90 Å². The van der Waals surface area contributed by atoms with Crippen molar-refractivity contribution in [2.45, 2.75) is 51.4 Å². The van der Waals surface area contributed by atoms with Crippen molar-refractivity contribution in [2.24, 2.45) is 0 Å². The number of benzene rings is 2. The molecule has 1 N–H and O–H groups in total. The van der Waals surface area contributed by atoms with Crippen molar-refractivity contribution in [1.82, 2.24) is 4.90 Å². The van der Waals surface area contributed by atoms with Gasteiger partial charge in [0.05, 0.1) is 5.60 Å². The van der Waals surface area contributed by atoms with Gasteiger partial charge in [0.1, 0.15) is 6.61 Å². The van der Waals surface area contributed by atoms with E-state index in [0.29, 0.717) is 0 Å². The maximum Gasteiger partial charge on any atom is 0.412 e. The highest BCUT2D eigenvalue weighted by molar-refractivity contribution is 5.83. The maximum atomic E-state index is 12.9. The van der Waals surface area contributed by atoms with E-state index in [1.807, 2.05) is 36.4 Å². The van der Waals surface area contributed by atoms with Crippen molar-refractivity contribution in [3.8, 4) is 11.1 Å². The SMILES string of the molecule is CCC(OC(C)(C)C)(C(=O)O)N(C)C(=O)OCC1c2ccccc2-c2ccccc21. The molecule has 1 aliphatic carbocycles. The molecule has 0 bridgehead atoms. The lowest BCUT2D eigenvalue weighted by atomic mass is 9.98. The van der Waals surface area contributed by atoms with Gasteiger partial charge in [-0.2, -0.15) is 0 Å². The Morgan fingerprint density at radius 2 is 1.50 bits per heavy atom. The second-order valence-corrected chi connectivity index (χ2v) is 8.52. The molecule has 6 nitrogen and oxygen atoms in total. The first-order chi connectivity index (χ1) is 14.1. The summed E-state index contributed by atoms with van der Waals surface area (Å²) in [5.41, 5.74) is 1.90. The van der Waals surface area contributed by atoms with Crippen LogP contribution in [0, 0.1) is 0 Å². The standard InChI is InChI=1S/C24H29NO5/c1-6-24(21(26)27,30-23(2,3)4)25(5)22(28)29-15-20-18-13-9-7-11-16(18)17-12-8-10-14-19(17)20/h7-14,20H,6,15H2,1-5H3,(H,26,27). The minimum Gasteiger partial charge on any atom is -0.478 e. The van der Waals surface area contributed by atoms with Crippen LogP contribution in [0.4, 0.5) is 4.79 Å².